The van der Waals surface area contributed by atoms with E-state index in [1.165, 1.54) is 19.2 Å². The van der Waals surface area contributed by atoms with E-state index in [1.807, 2.05) is 38.1 Å². The Kier molecular flexibility index (Phi) is 6.39. The lowest BCUT2D eigenvalue weighted by atomic mass is 10.2. The number of aryl methyl sites for hydroxylation is 2. The first-order chi connectivity index (χ1) is 13.8. The second-order valence-electron chi connectivity index (χ2n) is 6.43. The van der Waals surface area contributed by atoms with Crippen molar-refractivity contribution in [3.63, 3.8) is 0 Å². The van der Waals surface area contributed by atoms with Crippen molar-refractivity contribution in [3.05, 3.63) is 81.8 Å². The third-order valence-electron chi connectivity index (χ3n) is 4.22. The summed E-state index contributed by atoms with van der Waals surface area (Å²) >= 11 is 3.39. The van der Waals surface area contributed by atoms with Gasteiger partial charge in [0.2, 0.25) is 0 Å². The molecule has 0 spiro atoms. The predicted molar refractivity (Wildman–Crippen MR) is 118 cm³/mol. The average molecular weight is 474 g/mol. The van der Waals surface area contributed by atoms with Crippen LogP contribution in [0.5, 0.6) is 11.5 Å². The van der Waals surface area contributed by atoms with Crippen molar-refractivity contribution in [1.82, 2.24) is 0 Å². The molecule has 7 heteroatoms. The van der Waals surface area contributed by atoms with Gasteiger partial charge in [0.15, 0.2) is 11.5 Å². The van der Waals surface area contributed by atoms with Gasteiger partial charge in [-0.25, -0.2) is 0 Å². The molecule has 0 unspecified atom stereocenters. The number of benzene rings is 3. The first-order valence-corrected chi connectivity index (χ1v) is 11.0. The highest BCUT2D eigenvalue weighted by Gasteiger charge is 2.21. The van der Waals surface area contributed by atoms with Crippen LogP contribution in [0.2, 0.25) is 0 Å². The standard InChI is InChI=1S/C22H20BrNO4S/c1-15-8-10-18(11-9-15)29(25,26)28-22-19(23)12-17(13-21(22)27-3)14-24-20-7-5-4-6-16(20)2/h4-14H,1-3H3. The summed E-state index contributed by atoms with van der Waals surface area (Å²) in [5, 5.41) is 0. The summed E-state index contributed by atoms with van der Waals surface area (Å²) in [4.78, 5) is 4.56. The molecule has 150 valence electrons. The maximum absolute atomic E-state index is 12.6. The summed E-state index contributed by atoms with van der Waals surface area (Å²) in [6, 6.07) is 17.6. The van der Waals surface area contributed by atoms with Crippen LogP contribution < -0.4 is 8.92 Å². The Balaban J connectivity index is 1.93. The summed E-state index contributed by atoms with van der Waals surface area (Å²) in [5.74, 6) is 0.363. The first-order valence-electron chi connectivity index (χ1n) is 8.78. The van der Waals surface area contributed by atoms with Gasteiger partial charge < -0.3 is 8.92 Å². The molecule has 3 aromatic carbocycles. The third-order valence-corrected chi connectivity index (χ3v) is 6.05. The molecule has 0 atom stereocenters. The van der Waals surface area contributed by atoms with Crippen LogP contribution in [-0.4, -0.2) is 21.7 Å². The van der Waals surface area contributed by atoms with Crippen LogP contribution in [0, 0.1) is 13.8 Å². The fraction of sp³-hybridized carbons (Fsp3) is 0.136. The summed E-state index contributed by atoms with van der Waals surface area (Å²) in [6.45, 7) is 3.87. The number of halogens is 1. The van der Waals surface area contributed by atoms with Gasteiger partial charge in [0, 0.05) is 6.21 Å². The smallest absolute Gasteiger partial charge is 0.339 e. The van der Waals surface area contributed by atoms with E-state index in [0.29, 0.717) is 4.47 Å². The molecule has 29 heavy (non-hydrogen) atoms. The molecule has 3 aromatic rings. The van der Waals surface area contributed by atoms with E-state index >= 15 is 0 Å². The molecule has 0 aliphatic rings. The lowest BCUT2D eigenvalue weighted by Gasteiger charge is -2.13. The van der Waals surface area contributed by atoms with Gasteiger partial charge in [-0.15, -0.1) is 0 Å². The molecular formula is C22H20BrNO4S. The van der Waals surface area contributed by atoms with Crippen molar-refractivity contribution in [2.75, 3.05) is 7.11 Å². The molecule has 0 N–H and O–H groups in total. The van der Waals surface area contributed by atoms with Crippen LogP contribution in [0.15, 0.2) is 75.0 Å². The van der Waals surface area contributed by atoms with Crippen molar-refractivity contribution in [2.45, 2.75) is 18.7 Å². The quantitative estimate of drug-likeness (QED) is 0.345. The van der Waals surface area contributed by atoms with E-state index in [9.17, 15) is 8.42 Å². The molecule has 0 radical (unpaired) electrons. The van der Waals surface area contributed by atoms with E-state index in [4.69, 9.17) is 8.92 Å². The SMILES string of the molecule is COc1cc(C=Nc2ccccc2C)cc(Br)c1OS(=O)(=O)c1ccc(C)cc1. The van der Waals surface area contributed by atoms with E-state index < -0.39 is 10.1 Å². The molecule has 0 aromatic heterocycles. The monoisotopic (exact) mass is 473 g/mol. The molecule has 0 heterocycles. The van der Waals surface area contributed by atoms with E-state index in [0.717, 1.165) is 22.4 Å². The molecule has 5 nitrogen and oxygen atoms in total. The van der Waals surface area contributed by atoms with Crippen LogP contribution in [-0.2, 0) is 10.1 Å². The second kappa shape index (κ2) is 8.80. The van der Waals surface area contributed by atoms with Crippen LogP contribution >= 0.6 is 15.9 Å². The molecule has 0 saturated carbocycles. The van der Waals surface area contributed by atoms with Crippen molar-refractivity contribution in [2.24, 2.45) is 4.99 Å². The Morgan fingerprint density at radius 1 is 1.00 bits per heavy atom. The minimum Gasteiger partial charge on any atom is -0.493 e. The lowest BCUT2D eigenvalue weighted by molar-refractivity contribution is 0.389. The fourth-order valence-corrected chi connectivity index (χ4v) is 4.22. The van der Waals surface area contributed by atoms with Gasteiger partial charge >= 0.3 is 10.1 Å². The summed E-state index contributed by atoms with van der Waals surface area (Å²) < 4.78 is 36.5. The summed E-state index contributed by atoms with van der Waals surface area (Å²) in [7, 11) is -2.55. The number of aliphatic imine (C=N–C) groups is 1. The normalized spacial score (nSPS) is 11.6. The topological polar surface area (TPSA) is 65.0 Å². The Morgan fingerprint density at radius 2 is 1.69 bits per heavy atom. The van der Waals surface area contributed by atoms with E-state index in [1.54, 1.807) is 30.5 Å². The number of para-hydroxylation sites is 1. The predicted octanol–water partition coefficient (Wildman–Crippen LogP) is 5.59. The van der Waals surface area contributed by atoms with Gasteiger partial charge in [-0.3, -0.25) is 4.99 Å². The minimum absolute atomic E-state index is 0.0715. The van der Waals surface area contributed by atoms with Gasteiger partial charge in [0.05, 0.1) is 17.3 Å². The summed E-state index contributed by atoms with van der Waals surface area (Å²) in [5.41, 5.74) is 3.60. The van der Waals surface area contributed by atoms with Crippen LogP contribution in [0.25, 0.3) is 0 Å². The maximum atomic E-state index is 12.6. The van der Waals surface area contributed by atoms with Crippen LogP contribution in [0.4, 0.5) is 5.69 Å². The van der Waals surface area contributed by atoms with Gasteiger partial charge in [0.1, 0.15) is 4.90 Å². The van der Waals surface area contributed by atoms with Crippen molar-refractivity contribution < 1.29 is 17.3 Å². The van der Waals surface area contributed by atoms with Crippen LogP contribution in [0.1, 0.15) is 16.7 Å². The van der Waals surface area contributed by atoms with Crippen molar-refractivity contribution in [3.8, 4) is 11.5 Å². The molecule has 0 aliphatic carbocycles. The number of hydrogen-bond donors (Lipinski definition) is 0. The Hall–Kier alpha value is -2.64. The molecule has 0 saturated heterocycles. The molecule has 0 bridgehead atoms. The number of ether oxygens (including phenoxy) is 1. The molecule has 3 rings (SSSR count). The highest BCUT2D eigenvalue weighted by atomic mass is 79.9. The third kappa shape index (κ3) is 5.05. The van der Waals surface area contributed by atoms with Gasteiger partial charge in [-0.1, -0.05) is 35.9 Å². The van der Waals surface area contributed by atoms with Gasteiger partial charge in [-0.2, -0.15) is 8.42 Å². The molecular weight excluding hydrogens is 454 g/mol. The molecule has 0 aliphatic heterocycles. The van der Waals surface area contributed by atoms with E-state index in [-0.39, 0.29) is 16.4 Å². The summed E-state index contributed by atoms with van der Waals surface area (Å²) in [6.07, 6.45) is 1.69. The minimum atomic E-state index is -4.00. The largest absolute Gasteiger partial charge is 0.493 e. The fourth-order valence-electron chi connectivity index (χ4n) is 2.61. The van der Waals surface area contributed by atoms with Crippen molar-refractivity contribution in [1.29, 1.82) is 0 Å². The van der Waals surface area contributed by atoms with E-state index in [2.05, 4.69) is 20.9 Å². The zero-order valence-corrected chi connectivity index (χ0v) is 18.6. The Morgan fingerprint density at radius 3 is 2.34 bits per heavy atom. The van der Waals surface area contributed by atoms with Gasteiger partial charge in [0.25, 0.3) is 0 Å². The molecule has 0 fully saturated rings. The highest BCUT2D eigenvalue weighted by molar-refractivity contribution is 9.10. The maximum Gasteiger partial charge on any atom is 0.339 e. The highest BCUT2D eigenvalue weighted by Crippen LogP contribution is 2.38. The zero-order chi connectivity index (χ0) is 21.0. The number of rotatable bonds is 6. The second-order valence-corrected chi connectivity index (χ2v) is 8.83. The zero-order valence-electron chi connectivity index (χ0n) is 16.2. The van der Waals surface area contributed by atoms with Crippen molar-refractivity contribution >= 4 is 38.0 Å². The first kappa shape index (κ1) is 21.1. The average Bonchev–Trinajstić information content (AvgIpc) is 2.69. The number of hydrogen-bond acceptors (Lipinski definition) is 5. The molecule has 0 amide bonds. The van der Waals surface area contributed by atoms with Gasteiger partial charge in [-0.05, 0) is 71.2 Å². The Labute approximate surface area is 179 Å². The van der Waals surface area contributed by atoms with Crippen LogP contribution in [0.3, 0.4) is 0 Å². The Bertz CT molecular complexity index is 1160. The number of nitrogens with zero attached hydrogens (tertiary/aromatic N) is 1. The lowest BCUT2D eigenvalue weighted by Crippen LogP contribution is -2.11. The number of methoxy groups -OCH3 is 1.